The number of nitrogens with zero attached hydrogens (tertiary/aromatic N) is 3. The molecule has 1 aromatic heterocycles. The summed E-state index contributed by atoms with van der Waals surface area (Å²) in [5.74, 6) is 0.206. The van der Waals surface area contributed by atoms with Crippen LogP contribution in [-0.2, 0) is 14.3 Å². The number of para-hydroxylation sites is 2. The Balaban J connectivity index is 1.51. The summed E-state index contributed by atoms with van der Waals surface area (Å²) in [6, 6.07) is 14.7. The fourth-order valence-electron chi connectivity index (χ4n) is 4.26. The molecule has 1 N–H and O–H groups in total. The number of anilines is 2. The molecule has 0 unspecified atom stereocenters. The van der Waals surface area contributed by atoms with Gasteiger partial charge in [-0.3, -0.25) is 19.1 Å². The second kappa shape index (κ2) is 7.57. The molecule has 30 heavy (non-hydrogen) atoms. The first-order chi connectivity index (χ1) is 14.6. The molecule has 1 saturated heterocycles. The second-order valence-electron chi connectivity index (χ2n) is 7.99. The Morgan fingerprint density at radius 2 is 2.00 bits per heavy atom. The minimum atomic E-state index is -0.651. The van der Waals surface area contributed by atoms with Crippen molar-refractivity contribution in [2.75, 3.05) is 23.4 Å². The fraction of sp³-hybridized carbons (Fsp3) is 0.348. The molecule has 2 aliphatic rings. The van der Waals surface area contributed by atoms with Crippen LogP contribution in [0.3, 0.4) is 0 Å². The van der Waals surface area contributed by atoms with Gasteiger partial charge in [0.05, 0.1) is 30.1 Å². The molecule has 0 aliphatic carbocycles. The summed E-state index contributed by atoms with van der Waals surface area (Å²) < 4.78 is 7.64. The van der Waals surface area contributed by atoms with Crippen molar-refractivity contribution in [3.8, 4) is 0 Å². The minimum absolute atomic E-state index is 0.0140. The predicted molar refractivity (Wildman–Crippen MR) is 115 cm³/mol. The van der Waals surface area contributed by atoms with Gasteiger partial charge in [-0.1, -0.05) is 29.8 Å². The van der Waals surface area contributed by atoms with E-state index in [1.807, 2.05) is 60.0 Å². The number of hydrogen-bond donors (Lipinski definition) is 1. The molecule has 1 fully saturated rings. The lowest BCUT2D eigenvalue weighted by Gasteiger charge is -2.33. The number of imidazole rings is 1. The van der Waals surface area contributed by atoms with Crippen molar-refractivity contribution in [2.24, 2.45) is 0 Å². The first-order valence-corrected chi connectivity index (χ1v) is 10.4. The molecule has 0 spiro atoms. The number of aromatic nitrogens is 2. The van der Waals surface area contributed by atoms with Gasteiger partial charge in [0.15, 0.2) is 0 Å². The van der Waals surface area contributed by atoms with Crippen LogP contribution in [0, 0.1) is 6.92 Å². The SMILES string of the molecule is Cc1ccc(NC(=O)[C@@H]2CC(=O)N(C[C@@H]3CCCO3)c3nc4ccccc4n32)cc1. The van der Waals surface area contributed by atoms with Crippen LogP contribution < -0.4 is 10.2 Å². The van der Waals surface area contributed by atoms with E-state index in [1.54, 1.807) is 4.90 Å². The smallest absolute Gasteiger partial charge is 0.248 e. The van der Waals surface area contributed by atoms with Crippen molar-refractivity contribution in [3.63, 3.8) is 0 Å². The van der Waals surface area contributed by atoms with E-state index in [4.69, 9.17) is 9.72 Å². The standard InChI is InChI=1S/C23H24N4O3/c1-15-8-10-16(11-9-15)24-22(29)20-13-21(28)26(14-17-5-4-12-30-17)23-25-18-6-2-3-7-19(18)27(20)23/h2-3,6-11,17,20H,4-5,12-14H2,1H3,(H,24,29)/t17-,20-/m0/s1. The number of ether oxygens (including phenoxy) is 1. The molecular weight excluding hydrogens is 380 g/mol. The molecule has 7 heteroatoms. The van der Waals surface area contributed by atoms with Gasteiger partial charge >= 0.3 is 0 Å². The van der Waals surface area contributed by atoms with Crippen molar-refractivity contribution in [3.05, 3.63) is 54.1 Å². The van der Waals surface area contributed by atoms with Crippen molar-refractivity contribution in [1.82, 2.24) is 9.55 Å². The van der Waals surface area contributed by atoms with E-state index >= 15 is 0 Å². The number of amides is 2. The molecule has 3 aromatic rings. The largest absolute Gasteiger partial charge is 0.376 e. The van der Waals surface area contributed by atoms with Gasteiger partial charge in [-0.2, -0.15) is 0 Å². The third-order valence-corrected chi connectivity index (χ3v) is 5.83. The summed E-state index contributed by atoms with van der Waals surface area (Å²) in [6.45, 7) is 3.19. The summed E-state index contributed by atoms with van der Waals surface area (Å²) in [6.07, 6.45) is 2.05. The van der Waals surface area contributed by atoms with Gasteiger partial charge in [0, 0.05) is 12.3 Å². The molecule has 0 bridgehead atoms. The monoisotopic (exact) mass is 404 g/mol. The van der Waals surface area contributed by atoms with E-state index in [9.17, 15) is 9.59 Å². The van der Waals surface area contributed by atoms with Crippen LogP contribution in [0.1, 0.15) is 30.9 Å². The lowest BCUT2D eigenvalue weighted by Crippen LogP contribution is -2.46. The third kappa shape index (κ3) is 3.35. The first-order valence-electron chi connectivity index (χ1n) is 10.4. The highest BCUT2D eigenvalue weighted by Gasteiger charge is 2.39. The van der Waals surface area contributed by atoms with Crippen molar-refractivity contribution >= 4 is 34.5 Å². The molecule has 0 radical (unpaired) electrons. The van der Waals surface area contributed by atoms with Gasteiger partial charge in [0.25, 0.3) is 0 Å². The second-order valence-corrected chi connectivity index (χ2v) is 7.99. The van der Waals surface area contributed by atoms with Gasteiger partial charge in [0.2, 0.25) is 17.8 Å². The number of carbonyl (C=O) groups is 2. The van der Waals surface area contributed by atoms with Gasteiger partial charge in [-0.15, -0.1) is 0 Å². The molecule has 0 saturated carbocycles. The van der Waals surface area contributed by atoms with Crippen LogP contribution in [0.25, 0.3) is 11.0 Å². The van der Waals surface area contributed by atoms with E-state index in [0.717, 1.165) is 36.0 Å². The molecule has 2 aromatic carbocycles. The van der Waals surface area contributed by atoms with Crippen LogP contribution >= 0.6 is 0 Å². The van der Waals surface area contributed by atoms with E-state index in [2.05, 4.69) is 5.32 Å². The molecule has 2 amide bonds. The summed E-state index contributed by atoms with van der Waals surface area (Å²) in [5, 5.41) is 2.96. The van der Waals surface area contributed by atoms with Crippen LogP contribution in [0.2, 0.25) is 0 Å². The average Bonchev–Trinajstić information content (AvgIpc) is 3.39. The molecule has 154 valence electrons. The highest BCUT2D eigenvalue weighted by atomic mass is 16.5. The Labute approximate surface area is 174 Å². The fourth-order valence-corrected chi connectivity index (χ4v) is 4.26. The maximum absolute atomic E-state index is 13.2. The van der Waals surface area contributed by atoms with Gasteiger partial charge < -0.3 is 10.1 Å². The number of hydrogen-bond acceptors (Lipinski definition) is 4. The quantitative estimate of drug-likeness (QED) is 0.723. The molecule has 2 atom stereocenters. The normalized spacial score (nSPS) is 21.1. The Hall–Kier alpha value is -3.19. The van der Waals surface area contributed by atoms with Crippen LogP contribution in [0.15, 0.2) is 48.5 Å². The Kier molecular flexibility index (Phi) is 4.75. The van der Waals surface area contributed by atoms with E-state index in [1.165, 1.54) is 0 Å². The maximum atomic E-state index is 13.2. The Morgan fingerprint density at radius 1 is 1.20 bits per heavy atom. The zero-order valence-electron chi connectivity index (χ0n) is 16.9. The lowest BCUT2D eigenvalue weighted by atomic mass is 10.1. The number of benzene rings is 2. The number of rotatable bonds is 4. The highest BCUT2D eigenvalue weighted by Crippen LogP contribution is 2.35. The minimum Gasteiger partial charge on any atom is -0.376 e. The summed E-state index contributed by atoms with van der Waals surface area (Å²) >= 11 is 0. The topological polar surface area (TPSA) is 76.5 Å². The van der Waals surface area contributed by atoms with Crippen LogP contribution in [0.4, 0.5) is 11.6 Å². The molecular formula is C23H24N4O3. The number of fused-ring (bicyclic) bond motifs is 3. The van der Waals surface area contributed by atoms with Gasteiger partial charge in [-0.25, -0.2) is 4.98 Å². The van der Waals surface area contributed by atoms with Crippen molar-refractivity contribution in [1.29, 1.82) is 0 Å². The zero-order chi connectivity index (χ0) is 20.7. The number of nitrogens with one attached hydrogen (secondary N) is 1. The summed E-state index contributed by atoms with van der Waals surface area (Å²) in [4.78, 5) is 32.7. The van der Waals surface area contributed by atoms with Crippen LogP contribution in [-0.4, -0.2) is 40.6 Å². The average molecular weight is 404 g/mol. The number of carbonyl (C=O) groups excluding carboxylic acids is 2. The maximum Gasteiger partial charge on any atom is 0.248 e. The Bertz CT molecular complexity index is 1100. The number of aryl methyl sites for hydroxylation is 1. The van der Waals surface area contributed by atoms with E-state index in [-0.39, 0.29) is 24.3 Å². The van der Waals surface area contributed by atoms with Gasteiger partial charge in [-0.05, 0) is 44.0 Å². The molecule has 7 nitrogen and oxygen atoms in total. The highest BCUT2D eigenvalue weighted by molar-refractivity contribution is 6.04. The first kappa shape index (κ1) is 18.8. The van der Waals surface area contributed by atoms with E-state index in [0.29, 0.717) is 18.2 Å². The van der Waals surface area contributed by atoms with Gasteiger partial charge in [0.1, 0.15) is 6.04 Å². The molecule has 5 rings (SSSR count). The summed E-state index contributed by atoms with van der Waals surface area (Å²) in [7, 11) is 0. The molecule has 3 heterocycles. The third-order valence-electron chi connectivity index (χ3n) is 5.83. The lowest BCUT2D eigenvalue weighted by molar-refractivity contribution is -0.126. The predicted octanol–water partition coefficient (Wildman–Crippen LogP) is 3.44. The molecule has 2 aliphatic heterocycles. The van der Waals surface area contributed by atoms with Crippen molar-refractivity contribution in [2.45, 2.75) is 38.3 Å². The Morgan fingerprint density at radius 3 is 2.77 bits per heavy atom. The zero-order valence-corrected chi connectivity index (χ0v) is 16.9. The van der Waals surface area contributed by atoms with Crippen molar-refractivity contribution < 1.29 is 14.3 Å². The summed E-state index contributed by atoms with van der Waals surface area (Å²) in [5.41, 5.74) is 3.45. The van der Waals surface area contributed by atoms with E-state index < -0.39 is 6.04 Å². The van der Waals surface area contributed by atoms with Crippen LogP contribution in [0.5, 0.6) is 0 Å².